The molecule has 0 heterocycles. The van der Waals surface area contributed by atoms with Crippen molar-refractivity contribution in [3.05, 3.63) is 0 Å². The molecule has 5 N–H and O–H groups in total. The minimum Gasteiger partial charge on any atom is -0.396 e. The molecule has 12 heavy (non-hydrogen) atoms. The predicted octanol–water partition coefficient (Wildman–Crippen LogP) is -2.06. The molecule has 0 atom stereocenters. The van der Waals surface area contributed by atoms with Crippen molar-refractivity contribution in [1.82, 2.24) is 0 Å². The summed E-state index contributed by atoms with van der Waals surface area (Å²) >= 11 is 0. The Labute approximate surface area is 71.9 Å². The van der Waals surface area contributed by atoms with Gasteiger partial charge < -0.3 is 25.5 Å². The van der Waals surface area contributed by atoms with Crippen LogP contribution in [0.1, 0.15) is 6.92 Å². The van der Waals surface area contributed by atoms with Crippen molar-refractivity contribution in [3.63, 3.8) is 0 Å². The summed E-state index contributed by atoms with van der Waals surface area (Å²) in [5.41, 5.74) is 0. The molecule has 0 aromatic rings. The number of hydrogen-bond acceptors (Lipinski definition) is 5. The first-order chi connectivity index (χ1) is 5.62. The Hall–Kier alpha value is -0.200. The summed E-state index contributed by atoms with van der Waals surface area (Å²) in [4.78, 5) is 0. The monoisotopic (exact) mass is 182 g/mol. The molecule has 76 valence electrons. The number of aliphatic hydroxyl groups excluding tert-OH is 5. The van der Waals surface area contributed by atoms with E-state index in [0.29, 0.717) is 0 Å². The van der Waals surface area contributed by atoms with Crippen molar-refractivity contribution in [1.29, 1.82) is 0 Å². The molecule has 0 unspecified atom stereocenters. The molecule has 0 bridgehead atoms. The van der Waals surface area contributed by atoms with Crippen LogP contribution < -0.4 is 0 Å². The van der Waals surface area contributed by atoms with E-state index < -0.39 is 6.10 Å². The van der Waals surface area contributed by atoms with Crippen LogP contribution in [0.25, 0.3) is 0 Å². The molecule has 0 spiro atoms. The van der Waals surface area contributed by atoms with Gasteiger partial charge in [-0.3, -0.25) is 0 Å². The Morgan fingerprint density at radius 3 is 1.17 bits per heavy atom. The highest BCUT2D eigenvalue weighted by atomic mass is 16.3. The Morgan fingerprint density at radius 2 is 1.17 bits per heavy atom. The molecule has 0 aliphatic heterocycles. The first-order valence-electron chi connectivity index (χ1n) is 3.73. The average Bonchev–Trinajstić information content (AvgIpc) is 2.16. The highest BCUT2D eigenvalue weighted by molar-refractivity contribution is 4.44. The molecule has 0 radical (unpaired) electrons. The van der Waals surface area contributed by atoms with E-state index in [1.54, 1.807) is 6.92 Å². The fraction of sp³-hybridized carbons (Fsp3) is 1.00. The average molecular weight is 182 g/mol. The van der Waals surface area contributed by atoms with Crippen molar-refractivity contribution < 1.29 is 25.5 Å². The maximum absolute atomic E-state index is 8.17. The maximum atomic E-state index is 8.17. The minimum absolute atomic E-state index is 0.0463. The van der Waals surface area contributed by atoms with E-state index in [0.717, 1.165) is 0 Å². The van der Waals surface area contributed by atoms with Gasteiger partial charge >= 0.3 is 0 Å². The molecule has 0 rings (SSSR count). The lowest BCUT2D eigenvalue weighted by Crippen LogP contribution is -2.15. The summed E-state index contributed by atoms with van der Waals surface area (Å²) in [6.07, 6.45) is -0.954. The Kier molecular flexibility index (Phi) is 12.9. The Morgan fingerprint density at radius 1 is 0.833 bits per heavy atom. The quantitative estimate of drug-likeness (QED) is 0.344. The zero-order valence-corrected chi connectivity index (χ0v) is 7.22. The van der Waals surface area contributed by atoms with Crippen molar-refractivity contribution in [2.24, 2.45) is 5.92 Å². The van der Waals surface area contributed by atoms with Gasteiger partial charge in [0.05, 0.1) is 13.2 Å². The van der Waals surface area contributed by atoms with E-state index >= 15 is 0 Å². The third-order valence-corrected chi connectivity index (χ3v) is 1.04. The molecule has 0 aromatic heterocycles. The second kappa shape index (κ2) is 10.8. The topological polar surface area (TPSA) is 101 Å². The smallest absolute Gasteiger partial charge is 0.100 e. The first kappa shape index (κ1) is 14.3. The lowest BCUT2D eigenvalue weighted by Gasteiger charge is -1.97. The third kappa shape index (κ3) is 12.5. The van der Waals surface area contributed by atoms with Gasteiger partial charge in [-0.15, -0.1) is 0 Å². The summed E-state index contributed by atoms with van der Waals surface area (Å²) in [6.45, 7) is 1.21. The molecule has 0 fully saturated rings. The van der Waals surface area contributed by atoms with Crippen molar-refractivity contribution in [3.8, 4) is 0 Å². The van der Waals surface area contributed by atoms with Crippen LogP contribution >= 0.6 is 0 Å². The van der Waals surface area contributed by atoms with Crippen LogP contribution in [0.3, 0.4) is 0 Å². The van der Waals surface area contributed by atoms with Crippen LogP contribution in [-0.4, -0.2) is 58.1 Å². The molecule has 5 nitrogen and oxygen atoms in total. The Balaban J connectivity index is 0. The van der Waals surface area contributed by atoms with Crippen molar-refractivity contribution in [2.45, 2.75) is 13.0 Å². The minimum atomic E-state index is -0.954. The fourth-order valence-electron chi connectivity index (χ4n) is 0.115. The van der Waals surface area contributed by atoms with Crippen LogP contribution in [0.15, 0.2) is 0 Å². The molecular formula is C7H18O5. The van der Waals surface area contributed by atoms with E-state index in [1.807, 2.05) is 0 Å². The van der Waals surface area contributed by atoms with Gasteiger partial charge in [-0.1, -0.05) is 6.92 Å². The summed E-state index contributed by atoms with van der Waals surface area (Å²) in [7, 11) is 0. The van der Waals surface area contributed by atoms with Crippen LogP contribution in [0.2, 0.25) is 0 Å². The summed E-state index contributed by atoms with van der Waals surface area (Å²) < 4.78 is 0. The normalized spacial score (nSPS) is 10.0. The van der Waals surface area contributed by atoms with Crippen LogP contribution in [0.4, 0.5) is 0 Å². The van der Waals surface area contributed by atoms with Crippen LogP contribution in [-0.2, 0) is 0 Å². The van der Waals surface area contributed by atoms with Gasteiger partial charge in [0.1, 0.15) is 6.10 Å². The predicted molar refractivity (Wildman–Crippen MR) is 43.5 cm³/mol. The van der Waals surface area contributed by atoms with Gasteiger partial charge in [0.2, 0.25) is 0 Å². The molecule has 0 saturated carbocycles. The van der Waals surface area contributed by atoms with Crippen LogP contribution in [0, 0.1) is 5.92 Å². The molecular weight excluding hydrogens is 164 g/mol. The number of hydrogen-bond donors (Lipinski definition) is 5. The lowest BCUT2D eigenvalue weighted by molar-refractivity contribution is 0.0450. The molecule has 0 saturated heterocycles. The molecule has 0 aliphatic rings. The van der Waals surface area contributed by atoms with E-state index in [4.69, 9.17) is 25.5 Å². The SMILES string of the molecule is CC(CO)CO.OCC(O)CO. The van der Waals surface area contributed by atoms with Crippen molar-refractivity contribution >= 4 is 0 Å². The molecule has 0 aliphatic carbocycles. The van der Waals surface area contributed by atoms with Gasteiger partial charge in [0.25, 0.3) is 0 Å². The van der Waals surface area contributed by atoms with E-state index in [1.165, 1.54) is 0 Å². The second-order valence-electron chi connectivity index (χ2n) is 2.49. The van der Waals surface area contributed by atoms with E-state index in [2.05, 4.69) is 0 Å². The number of rotatable bonds is 4. The van der Waals surface area contributed by atoms with Gasteiger partial charge in [0, 0.05) is 19.1 Å². The summed E-state index contributed by atoms with van der Waals surface area (Å²) in [5.74, 6) is 0.0463. The zero-order valence-electron chi connectivity index (χ0n) is 7.22. The standard InChI is InChI=1S/C4H10O2.C3H8O3/c1-4(2-5)3-6;4-1-3(6)2-5/h4-6H,2-3H2,1H3;3-6H,1-2H2. The fourth-order valence-corrected chi connectivity index (χ4v) is 0.115. The van der Waals surface area contributed by atoms with E-state index in [9.17, 15) is 0 Å². The van der Waals surface area contributed by atoms with Gasteiger partial charge in [-0.05, 0) is 0 Å². The molecule has 0 amide bonds. The van der Waals surface area contributed by atoms with Crippen molar-refractivity contribution in [2.75, 3.05) is 26.4 Å². The Bertz CT molecular complexity index is 60.2. The largest absolute Gasteiger partial charge is 0.396 e. The first-order valence-corrected chi connectivity index (χ1v) is 3.73. The summed E-state index contributed by atoms with van der Waals surface area (Å²) in [5, 5.41) is 40.4. The highest BCUT2D eigenvalue weighted by Gasteiger charge is 1.93. The maximum Gasteiger partial charge on any atom is 0.100 e. The second-order valence-corrected chi connectivity index (χ2v) is 2.49. The van der Waals surface area contributed by atoms with E-state index in [-0.39, 0.29) is 32.3 Å². The van der Waals surface area contributed by atoms with Gasteiger partial charge in [0.15, 0.2) is 0 Å². The van der Waals surface area contributed by atoms with Gasteiger partial charge in [-0.2, -0.15) is 0 Å². The zero-order chi connectivity index (χ0) is 9.98. The molecule has 5 heteroatoms. The lowest BCUT2D eigenvalue weighted by atomic mass is 10.2. The van der Waals surface area contributed by atoms with Gasteiger partial charge in [-0.25, -0.2) is 0 Å². The molecule has 0 aromatic carbocycles. The third-order valence-electron chi connectivity index (χ3n) is 1.04. The number of aliphatic hydroxyl groups is 5. The van der Waals surface area contributed by atoms with Crippen LogP contribution in [0.5, 0.6) is 0 Å². The highest BCUT2D eigenvalue weighted by Crippen LogP contribution is 1.85. The summed E-state index contributed by atoms with van der Waals surface area (Å²) in [6, 6.07) is 0.